The third kappa shape index (κ3) is 5.26. The van der Waals surface area contributed by atoms with E-state index in [9.17, 15) is 4.79 Å². The highest BCUT2D eigenvalue weighted by atomic mass is 35.5. The number of hydrogen-bond acceptors (Lipinski definition) is 2. The lowest BCUT2D eigenvalue weighted by atomic mass is 9.96. The van der Waals surface area contributed by atoms with E-state index in [0.29, 0.717) is 6.42 Å². The Morgan fingerprint density at radius 1 is 0.690 bits per heavy atom. The number of nitrogens with zero attached hydrogens (tertiary/aromatic N) is 2. The maximum absolute atomic E-state index is 12.7. The van der Waals surface area contributed by atoms with Gasteiger partial charge in [-0.25, -0.2) is 0 Å². The van der Waals surface area contributed by atoms with E-state index in [2.05, 4.69) is 65.6 Å². The third-order valence-corrected chi connectivity index (χ3v) is 5.46. The number of halogens is 1. The van der Waals surface area contributed by atoms with Gasteiger partial charge in [0.1, 0.15) is 0 Å². The highest BCUT2D eigenvalue weighted by Gasteiger charge is 2.27. The van der Waals surface area contributed by atoms with Gasteiger partial charge in [-0.2, -0.15) is 0 Å². The number of carbonyl (C=O) groups is 1. The summed E-state index contributed by atoms with van der Waals surface area (Å²) in [5.74, 6) is 0.224. The molecule has 1 fully saturated rings. The van der Waals surface area contributed by atoms with E-state index in [-0.39, 0.29) is 24.4 Å². The highest BCUT2D eigenvalue weighted by Crippen LogP contribution is 2.29. The molecule has 1 saturated heterocycles. The van der Waals surface area contributed by atoms with Crippen molar-refractivity contribution in [2.24, 2.45) is 0 Å². The molecule has 0 aliphatic carbocycles. The van der Waals surface area contributed by atoms with Gasteiger partial charge in [0.05, 0.1) is 12.5 Å². The van der Waals surface area contributed by atoms with Crippen LogP contribution in [0.2, 0.25) is 0 Å². The van der Waals surface area contributed by atoms with E-state index >= 15 is 0 Å². The monoisotopic (exact) mass is 406 g/mol. The molecule has 1 amide bonds. The number of amides is 1. The lowest BCUT2D eigenvalue weighted by Crippen LogP contribution is -2.50. The Kier molecular flexibility index (Phi) is 7.45. The van der Waals surface area contributed by atoms with Gasteiger partial charge >= 0.3 is 0 Å². The van der Waals surface area contributed by atoms with Gasteiger partial charge in [0, 0.05) is 26.2 Å². The summed E-state index contributed by atoms with van der Waals surface area (Å²) < 4.78 is 0. The average molecular weight is 407 g/mol. The standard InChI is InChI=1S/C25H26N2O.ClH/c28-24(20-21-10-4-1-5-11-21)26-16-18-27(19-17-26)25(22-12-6-2-7-13-22)23-14-8-3-9-15-23;/h1-15,25H,16-20H2;1H. The topological polar surface area (TPSA) is 23.6 Å². The molecule has 0 spiro atoms. The summed E-state index contributed by atoms with van der Waals surface area (Å²) in [5, 5.41) is 0. The summed E-state index contributed by atoms with van der Waals surface area (Å²) in [6.45, 7) is 3.33. The van der Waals surface area contributed by atoms with Crippen molar-refractivity contribution in [3.63, 3.8) is 0 Å². The Labute approximate surface area is 179 Å². The molecular weight excluding hydrogens is 380 g/mol. The van der Waals surface area contributed by atoms with Crippen molar-refractivity contribution >= 4 is 18.3 Å². The van der Waals surface area contributed by atoms with Crippen LogP contribution in [0.4, 0.5) is 0 Å². The van der Waals surface area contributed by atoms with Gasteiger partial charge in [0.15, 0.2) is 0 Å². The molecule has 1 aliphatic heterocycles. The first-order valence-corrected chi connectivity index (χ1v) is 9.97. The van der Waals surface area contributed by atoms with Gasteiger partial charge in [-0.05, 0) is 16.7 Å². The average Bonchev–Trinajstić information content (AvgIpc) is 2.77. The second-order valence-electron chi connectivity index (χ2n) is 7.30. The van der Waals surface area contributed by atoms with E-state index < -0.39 is 0 Å². The van der Waals surface area contributed by atoms with Crippen molar-refractivity contribution in [3.05, 3.63) is 108 Å². The molecule has 3 aromatic rings. The Hall–Kier alpha value is -2.62. The summed E-state index contributed by atoms with van der Waals surface area (Å²) in [6.07, 6.45) is 0.488. The van der Waals surface area contributed by atoms with Gasteiger partial charge < -0.3 is 4.90 Å². The van der Waals surface area contributed by atoms with Gasteiger partial charge in [-0.3, -0.25) is 9.69 Å². The van der Waals surface area contributed by atoms with Crippen molar-refractivity contribution in [3.8, 4) is 0 Å². The molecule has 0 radical (unpaired) electrons. The van der Waals surface area contributed by atoms with Gasteiger partial charge in [-0.1, -0.05) is 91.0 Å². The molecule has 3 aromatic carbocycles. The van der Waals surface area contributed by atoms with Gasteiger partial charge in [0.2, 0.25) is 5.91 Å². The number of benzene rings is 3. The Morgan fingerprint density at radius 2 is 1.14 bits per heavy atom. The molecular formula is C25H27ClN2O. The van der Waals surface area contributed by atoms with Crippen LogP contribution in [0.1, 0.15) is 22.7 Å². The van der Waals surface area contributed by atoms with Crippen LogP contribution in [0.25, 0.3) is 0 Å². The maximum Gasteiger partial charge on any atom is 0.227 e. The molecule has 0 N–H and O–H groups in total. The Bertz CT molecular complexity index is 839. The fraction of sp³-hybridized carbons (Fsp3) is 0.240. The Morgan fingerprint density at radius 3 is 1.62 bits per heavy atom. The molecule has 150 valence electrons. The smallest absolute Gasteiger partial charge is 0.227 e. The fourth-order valence-corrected chi connectivity index (χ4v) is 4.00. The zero-order valence-corrected chi connectivity index (χ0v) is 17.3. The van der Waals surface area contributed by atoms with Gasteiger partial charge in [0.25, 0.3) is 0 Å². The van der Waals surface area contributed by atoms with E-state index in [0.717, 1.165) is 31.7 Å². The number of hydrogen-bond donors (Lipinski definition) is 0. The molecule has 0 bridgehead atoms. The molecule has 0 aromatic heterocycles. The number of rotatable bonds is 5. The summed E-state index contributed by atoms with van der Waals surface area (Å²) in [5.41, 5.74) is 3.69. The molecule has 0 unspecified atom stereocenters. The summed E-state index contributed by atoms with van der Waals surface area (Å²) >= 11 is 0. The Balaban J connectivity index is 0.00000240. The van der Waals surface area contributed by atoms with Crippen molar-refractivity contribution in [2.45, 2.75) is 12.5 Å². The van der Waals surface area contributed by atoms with Crippen molar-refractivity contribution in [1.29, 1.82) is 0 Å². The molecule has 0 atom stereocenters. The van der Waals surface area contributed by atoms with Crippen LogP contribution < -0.4 is 0 Å². The van der Waals surface area contributed by atoms with Gasteiger partial charge in [-0.15, -0.1) is 12.4 Å². The van der Waals surface area contributed by atoms with E-state index in [1.54, 1.807) is 0 Å². The molecule has 4 rings (SSSR count). The van der Waals surface area contributed by atoms with Crippen molar-refractivity contribution < 1.29 is 4.79 Å². The minimum Gasteiger partial charge on any atom is -0.340 e. The molecule has 1 heterocycles. The first-order valence-electron chi connectivity index (χ1n) is 9.97. The van der Waals surface area contributed by atoms with Crippen molar-refractivity contribution in [2.75, 3.05) is 26.2 Å². The third-order valence-electron chi connectivity index (χ3n) is 5.46. The summed E-state index contributed by atoms with van der Waals surface area (Å²) in [7, 11) is 0. The summed E-state index contributed by atoms with van der Waals surface area (Å²) in [4.78, 5) is 17.2. The number of carbonyl (C=O) groups excluding carboxylic acids is 1. The van der Waals surface area contributed by atoms with Crippen LogP contribution in [-0.4, -0.2) is 41.9 Å². The normalized spacial score (nSPS) is 14.4. The largest absolute Gasteiger partial charge is 0.340 e. The van der Waals surface area contributed by atoms with E-state index in [4.69, 9.17) is 0 Å². The lowest BCUT2D eigenvalue weighted by Gasteiger charge is -2.40. The molecule has 1 aliphatic rings. The first-order chi connectivity index (χ1) is 13.8. The SMILES string of the molecule is Cl.O=C(Cc1ccccc1)N1CCN(C(c2ccccc2)c2ccccc2)CC1. The van der Waals surface area contributed by atoms with Crippen LogP contribution in [0.5, 0.6) is 0 Å². The molecule has 0 saturated carbocycles. The van der Waals surface area contributed by atoms with Crippen LogP contribution in [0.15, 0.2) is 91.0 Å². The molecule has 4 heteroatoms. The van der Waals surface area contributed by atoms with Crippen LogP contribution >= 0.6 is 12.4 Å². The highest BCUT2D eigenvalue weighted by molar-refractivity contribution is 5.85. The van der Waals surface area contributed by atoms with Crippen LogP contribution in [0, 0.1) is 0 Å². The molecule has 29 heavy (non-hydrogen) atoms. The van der Waals surface area contributed by atoms with Crippen LogP contribution in [0.3, 0.4) is 0 Å². The number of piperazine rings is 1. The van der Waals surface area contributed by atoms with Crippen molar-refractivity contribution in [1.82, 2.24) is 9.80 Å². The fourth-order valence-electron chi connectivity index (χ4n) is 4.00. The maximum atomic E-state index is 12.7. The predicted octanol–water partition coefficient (Wildman–Crippen LogP) is 4.58. The lowest BCUT2D eigenvalue weighted by molar-refractivity contribution is -0.132. The zero-order chi connectivity index (χ0) is 19.2. The minimum absolute atomic E-state index is 0. The second-order valence-corrected chi connectivity index (χ2v) is 7.30. The van der Waals surface area contributed by atoms with E-state index in [1.807, 2.05) is 35.2 Å². The first kappa shape index (κ1) is 21.1. The predicted molar refractivity (Wildman–Crippen MR) is 120 cm³/mol. The second kappa shape index (κ2) is 10.2. The zero-order valence-electron chi connectivity index (χ0n) is 16.5. The van der Waals surface area contributed by atoms with Crippen LogP contribution in [-0.2, 0) is 11.2 Å². The summed E-state index contributed by atoms with van der Waals surface area (Å²) in [6, 6.07) is 31.6. The minimum atomic E-state index is 0. The van der Waals surface area contributed by atoms with E-state index in [1.165, 1.54) is 11.1 Å². The quantitative estimate of drug-likeness (QED) is 0.619. The molecule has 3 nitrogen and oxygen atoms in total.